The molecule has 1 saturated heterocycles. The van der Waals surface area contributed by atoms with Gasteiger partial charge in [0, 0.05) is 36.7 Å². The van der Waals surface area contributed by atoms with E-state index >= 15 is 0 Å². The van der Waals surface area contributed by atoms with Crippen molar-refractivity contribution in [2.45, 2.75) is 6.42 Å². The summed E-state index contributed by atoms with van der Waals surface area (Å²) in [6.45, 7) is 2.47. The van der Waals surface area contributed by atoms with Crippen molar-refractivity contribution in [3.8, 4) is 0 Å². The van der Waals surface area contributed by atoms with E-state index in [9.17, 15) is 9.59 Å². The van der Waals surface area contributed by atoms with Crippen LogP contribution in [0.15, 0.2) is 48.8 Å². The SMILES string of the molecule is CNCC1CCN(C(=O)c2cccc(NC(=O)c3cccnc3)c2)C1.Cl.Cl. The van der Waals surface area contributed by atoms with E-state index in [0.29, 0.717) is 22.7 Å². The average molecular weight is 411 g/mol. The molecule has 1 unspecified atom stereocenters. The minimum atomic E-state index is -0.243. The third-order valence-corrected chi connectivity index (χ3v) is 4.36. The van der Waals surface area contributed by atoms with Crippen LogP contribution in [0.3, 0.4) is 0 Å². The number of rotatable bonds is 5. The van der Waals surface area contributed by atoms with E-state index in [-0.39, 0.29) is 36.6 Å². The van der Waals surface area contributed by atoms with Crippen LogP contribution in [-0.2, 0) is 0 Å². The van der Waals surface area contributed by atoms with E-state index < -0.39 is 0 Å². The van der Waals surface area contributed by atoms with Crippen molar-refractivity contribution in [3.05, 3.63) is 59.9 Å². The summed E-state index contributed by atoms with van der Waals surface area (Å²) in [6, 6.07) is 10.5. The summed E-state index contributed by atoms with van der Waals surface area (Å²) in [5, 5.41) is 5.98. The van der Waals surface area contributed by atoms with Crippen molar-refractivity contribution < 1.29 is 9.59 Å². The van der Waals surface area contributed by atoms with Crippen molar-refractivity contribution in [2.75, 3.05) is 32.0 Å². The highest BCUT2D eigenvalue weighted by atomic mass is 35.5. The first-order valence-electron chi connectivity index (χ1n) is 8.42. The molecular formula is C19H24Cl2N4O2. The summed E-state index contributed by atoms with van der Waals surface area (Å²) < 4.78 is 0. The Morgan fingerprint density at radius 1 is 1.19 bits per heavy atom. The van der Waals surface area contributed by atoms with Crippen LogP contribution in [0.1, 0.15) is 27.1 Å². The standard InChI is InChI=1S/C19H22N4O2.2ClH/c1-20-11-14-7-9-23(13-14)19(25)15-4-2-6-17(10-15)22-18(24)16-5-3-8-21-12-16;;/h2-6,8,10,12,14,20H,7,9,11,13H2,1H3,(H,22,24);2*1H. The second-order valence-corrected chi connectivity index (χ2v) is 6.24. The molecule has 1 aromatic carbocycles. The molecule has 0 bridgehead atoms. The maximum Gasteiger partial charge on any atom is 0.257 e. The van der Waals surface area contributed by atoms with Gasteiger partial charge in [0.2, 0.25) is 0 Å². The number of nitrogens with zero attached hydrogens (tertiary/aromatic N) is 2. The fraction of sp³-hybridized carbons (Fsp3) is 0.316. The van der Waals surface area contributed by atoms with Gasteiger partial charge < -0.3 is 15.5 Å². The van der Waals surface area contributed by atoms with Crippen LogP contribution < -0.4 is 10.6 Å². The van der Waals surface area contributed by atoms with Gasteiger partial charge in [0.1, 0.15) is 0 Å². The highest BCUT2D eigenvalue weighted by molar-refractivity contribution is 6.04. The molecule has 2 aromatic rings. The van der Waals surface area contributed by atoms with Crippen molar-refractivity contribution in [2.24, 2.45) is 5.92 Å². The van der Waals surface area contributed by atoms with Crippen LogP contribution in [0.5, 0.6) is 0 Å². The monoisotopic (exact) mass is 410 g/mol. The van der Waals surface area contributed by atoms with Gasteiger partial charge in [-0.2, -0.15) is 0 Å². The molecule has 2 amide bonds. The smallest absolute Gasteiger partial charge is 0.257 e. The first-order valence-corrected chi connectivity index (χ1v) is 8.42. The quantitative estimate of drug-likeness (QED) is 0.794. The van der Waals surface area contributed by atoms with Gasteiger partial charge >= 0.3 is 0 Å². The van der Waals surface area contributed by atoms with Gasteiger partial charge in [0.05, 0.1) is 5.56 Å². The summed E-state index contributed by atoms with van der Waals surface area (Å²) in [5.41, 5.74) is 1.67. The van der Waals surface area contributed by atoms with Crippen LogP contribution in [0, 0.1) is 5.92 Å². The van der Waals surface area contributed by atoms with E-state index in [1.807, 2.05) is 11.9 Å². The zero-order valence-electron chi connectivity index (χ0n) is 15.1. The van der Waals surface area contributed by atoms with E-state index in [1.165, 1.54) is 6.20 Å². The highest BCUT2D eigenvalue weighted by Crippen LogP contribution is 2.20. The van der Waals surface area contributed by atoms with Crippen LogP contribution in [0.2, 0.25) is 0 Å². The van der Waals surface area contributed by atoms with Gasteiger partial charge in [-0.25, -0.2) is 0 Å². The number of halogens is 2. The first kappa shape index (κ1) is 22.9. The van der Waals surface area contributed by atoms with Crippen LogP contribution >= 0.6 is 24.8 Å². The molecule has 1 aliphatic rings. The molecule has 1 atom stereocenters. The molecule has 6 nitrogen and oxygen atoms in total. The summed E-state index contributed by atoms with van der Waals surface area (Å²) >= 11 is 0. The molecule has 0 saturated carbocycles. The molecular weight excluding hydrogens is 387 g/mol. The second-order valence-electron chi connectivity index (χ2n) is 6.24. The van der Waals surface area contributed by atoms with Crippen molar-refractivity contribution in [1.29, 1.82) is 0 Å². The molecule has 1 fully saturated rings. The van der Waals surface area contributed by atoms with Gasteiger partial charge in [0.15, 0.2) is 0 Å². The Balaban J connectivity index is 0.00000182. The molecule has 0 spiro atoms. The number of carbonyl (C=O) groups is 2. The molecule has 2 heterocycles. The lowest BCUT2D eigenvalue weighted by Gasteiger charge is -2.17. The van der Waals surface area contributed by atoms with Crippen molar-refractivity contribution >= 4 is 42.3 Å². The third-order valence-electron chi connectivity index (χ3n) is 4.36. The van der Waals surface area contributed by atoms with Gasteiger partial charge in [-0.15, -0.1) is 24.8 Å². The minimum Gasteiger partial charge on any atom is -0.338 e. The Hall–Kier alpha value is -2.15. The Morgan fingerprint density at radius 3 is 2.67 bits per heavy atom. The number of aromatic nitrogens is 1. The number of benzene rings is 1. The summed E-state index contributed by atoms with van der Waals surface area (Å²) in [5.74, 6) is 0.270. The Labute approximate surface area is 171 Å². The number of nitrogens with one attached hydrogen (secondary N) is 2. The van der Waals surface area contributed by atoms with Crippen LogP contribution in [0.4, 0.5) is 5.69 Å². The Bertz CT molecular complexity index is 758. The average Bonchev–Trinajstić information content (AvgIpc) is 3.11. The fourth-order valence-corrected chi connectivity index (χ4v) is 3.09. The zero-order chi connectivity index (χ0) is 17.6. The summed E-state index contributed by atoms with van der Waals surface area (Å²) in [4.78, 5) is 30.7. The van der Waals surface area contributed by atoms with E-state index in [0.717, 1.165) is 26.1 Å². The van der Waals surface area contributed by atoms with E-state index in [4.69, 9.17) is 0 Å². The van der Waals surface area contributed by atoms with Crippen molar-refractivity contribution in [1.82, 2.24) is 15.2 Å². The molecule has 0 radical (unpaired) electrons. The molecule has 27 heavy (non-hydrogen) atoms. The molecule has 2 N–H and O–H groups in total. The fourth-order valence-electron chi connectivity index (χ4n) is 3.09. The largest absolute Gasteiger partial charge is 0.338 e. The predicted molar refractivity (Wildman–Crippen MR) is 111 cm³/mol. The molecule has 8 heteroatoms. The maximum absolute atomic E-state index is 12.7. The lowest BCUT2D eigenvalue weighted by atomic mass is 10.1. The van der Waals surface area contributed by atoms with Gasteiger partial charge in [-0.3, -0.25) is 14.6 Å². The molecule has 3 rings (SSSR count). The van der Waals surface area contributed by atoms with E-state index in [2.05, 4.69) is 15.6 Å². The maximum atomic E-state index is 12.7. The Kier molecular flexibility index (Phi) is 9.21. The number of hydrogen-bond acceptors (Lipinski definition) is 4. The number of pyridine rings is 1. The van der Waals surface area contributed by atoms with Gasteiger partial charge in [-0.05, 0) is 56.3 Å². The van der Waals surface area contributed by atoms with Crippen LogP contribution in [-0.4, -0.2) is 48.4 Å². The first-order chi connectivity index (χ1) is 12.2. The summed E-state index contributed by atoms with van der Waals surface area (Å²) in [7, 11) is 1.93. The molecule has 0 aliphatic carbocycles. The molecule has 1 aromatic heterocycles. The topological polar surface area (TPSA) is 74.3 Å². The summed E-state index contributed by atoms with van der Waals surface area (Å²) in [6.07, 6.45) is 4.15. The van der Waals surface area contributed by atoms with E-state index in [1.54, 1.807) is 42.6 Å². The lowest BCUT2D eigenvalue weighted by molar-refractivity contribution is 0.0787. The number of likely N-dealkylation sites (tertiary alicyclic amines) is 1. The molecule has 1 aliphatic heterocycles. The number of hydrogen-bond donors (Lipinski definition) is 2. The minimum absolute atomic E-state index is 0. The van der Waals surface area contributed by atoms with Gasteiger partial charge in [0.25, 0.3) is 11.8 Å². The number of amides is 2. The third kappa shape index (κ3) is 5.92. The zero-order valence-corrected chi connectivity index (χ0v) is 16.7. The normalized spacial score (nSPS) is 15.4. The molecule has 146 valence electrons. The van der Waals surface area contributed by atoms with Gasteiger partial charge in [-0.1, -0.05) is 6.07 Å². The predicted octanol–water partition coefficient (Wildman–Crippen LogP) is 2.86. The van der Waals surface area contributed by atoms with Crippen LogP contribution in [0.25, 0.3) is 0 Å². The number of anilines is 1. The van der Waals surface area contributed by atoms with Crippen molar-refractivity contribution in [3.63, 3.8) is 0 Å². The second kappa shape index (κ2) is 10.9. The highest BCUT2D eigenvalue weighted by Gasteiger charge is 2.26. The lowest BCUT2D eigenvalue weighted by Crippen LogP contribution is -2.30. The Morgan fingerprint density at radius 2 is 1.96 bits per heavy atom. The number of carbonyl (C=O) groups excluding carboxylic acids is 2.